The van der Waals surface area contributed by atoms with E-state index >= 15 is 0 Å². The monoisotopic (exact) mass is 335 g/mol. The number of aromatic nitrogens is 1. The topological polar surface area (TPSA) is 62.7 Å². The molecule has 0 bridgehead atoms. The van der Waals surface area contributed by atoms with Gasteiger partial charge in [-0.2, -0.15) is 0 Å². The van der Waals surface area contributed by atoms with Crippen LogP contribution in [0.1, 0.15) is 12.8 Å². The maximum absolute atomic E-state index is 12.7. The summed E-state index contributed by atoms with van der Waals surface area (Å²) in [5.74, 6) is 0.473. The lowest BCUT2D eigenvalue weighted by molar-refractivity contribution is -0.145. The van der Waals surface area contributed by atoms with Crippen LogP contribution in [0.4, 0.5) is 0 Å². The third-order valence-corrected chi connectivity index (χ3v) is 5.19. The Balaban J connectivity index is 1.57. The summed E-state index contributed by atoms with van der Waals surface area (Å²) in [6, 6.07) is 3.48. The molecule has 3 heterocycles. The Morgan fingerprint density at radius 3 is 2.70 bits per heavy atom. The number of hydrogen-bond donors (Lipinski definition) is 0. The van der Waals surface area contributed by atoms with Crippen molar-refractivity contribution in [2.24, 2.45) is 0 Å². The summed E-state index contributed by atoms with van der Waals surface area (Å²) in [5.41, 5.74) is 0. The van der Waals surface area contributed by atoms with E-state index in [9.17, 15) is 9.59 Å². The van der Waals surface area contributed by atoms with Crippen molar-refractivity contribution < 1.29 is 14.3 Å². The standard InChI is InChI=1S/C16H21N3O3S/c20-15(12-23-13-3-5-17-6-4-13)19-7-1-2-14(19)16(21)18-8-10-22-11-9-18/h3-6,14H,1-2,7-12H2/t14-/m0/s1. The van der Waals surface area contributed by atoms with E-state index in [1.807, 2.05) is 17.0 Å². The van der Waals surface area contributed by atoms with Crippen LogP contribution >= 0.6 is 11.8 Å². The maximum atomic E-state index is 12.7. The van der Waals surface area contributed by atoms with Gasteiger partial charge < -0.3 is 14.5 Å². The Morgan fingerprint density at radius 1 is 1.22 bits per heavy atom. The molecule has 0 aromatic carbocycles. The van der Waals surface area contributed by atoms with Crippen LogP contribution in [0.25, 0.3) is 0 Å². The predicted molar refractivity (Wildman–Crippen MR) is 87.1 cm³/mol. The molecular formula is C16H21N3O3S. The lowest BCUT2D eigenvalue weighted by atomic mass is 10.2. The van der Waals surface area contributed by atoms with E-state index in [0.29, 0.717) is 38.6 Å². The molecule has 0 radical (unpaired) electrons. The third kappa shape index (κ3) is 4.03. The zero-order valence-electron chi connectivity index (χ0n) is 13.0. The summed E-state index contributed by atoms with van der Waals surface area (Å²) in [4.78, 5) is 33.7. The molecule has 1 aromatic rings. The average molecular weight is 335 g/mol. The fraction of sp³-hybridized carbons (Fsp3) is 0.562. The van der Waals surface area contributed by atoms with Crippen LogP contribution in [0.5, 0.6) is 0 Å². The minimum Gasteiger partial charge on any atom is -0.378 e. The molecule has 0 unspecified atom stereocenters. The molecule has 7 heteroatoms. The zero-order chi connectivity index (χ0) is 16.1. The highest BCUT2D eigenvalue weighted by molar-refractivity contribution is 8.00. The van der Waals surface area contributed by atoms with E-state index in [1.54, 1.807) is 17.3 Å². The van der Waals surface area contributed by atoms with Crippen molar-refractivity contribution in [1.82, 2.24) is 14.8 Å². The Bertz CT molecular complexity index is 549. The van der Waals surface area contributed by atoms with Crippen molar-refractivity contribution in [3.05, 3.63) is 24.5 Å². The average Bonchev–Trinajstić information content (AvgIpc) is 3.10. The predicted octanol–water partition coefficient (Wildman–Crippen LogP) is 1.02. The van der Waals surface area contributed by atoms with Crippen molar-refractivity contribution in [2.45, 2.75) is 23.8 Å². The van der Waals surface area contributed by atoms with Crippen LogP contribution < -0.4 is 0 Å². The number of rotatable bonds is 4. The quantitative estimate of drug-likeness (QED) is 0.769. The number of hydrogen-bond acceptors (Lipinski definition) is 5. The number of carbonyl (C=O) groups excluding carboxylic acids is 2. The molecule has 124 valence electrons. The van der Waals surface area contributed by atoms with Gasteiger partial charge in [0.25, 0.3) is 0 Å². The van der Waals surface area contributed by atoms with Crippen molar-refractivity contribution in [3.63, 3.8) is 0 Å². The molecule has 6 nitrogen and oxygen atoms in total. The molecule has 2 aliphatic rings. The Hall–Kier alpha value is -1.60. The van der Waals surface area contributed by atoms with Crippen LogP contribution in [0.15, 0.2) is 29.4 Å². The summed E-state index contributed by atoms with van der Waals surface area (Å²) >= 11 is 1.49. The van der Waals surface area contributed by atoms with Gasteiger partial charge in [0.2, 0.25) is 11.8 Å². The number of thioether (sulfide) groups is 1. The third-order valence-electron chi connectivity index (χ3n) is 4.19. The van der Waals surface area contributed by atoms with Crippen LogP contribution in [0.2, 0.25) is 0 Å². The number of morpholine rings is 1. The van der Waals surface area contributed by atoms with Gasteiger partial charge in [-0.15, -0.1) is 11.8 Å². The number of amides is 2. The van der Waals surface area contributed by atoms with E-state index in [0.717, 1.165) is 17.7 Å². The van der Waals surface area contributed by atoms with Gasteiger partial charge in [0, 0.05) is 36.9 Å². The second-order valence-electron chi connectivity index (χ2n) is 5.65. The molecular weight excluding hydrogens is 314 g/mol. The summed E-state index contributed by atoms with van der Waals surface area (Å²) in [6.45, 7) is 3.11. The largest absolute Gasteiger partial charge is 0.378 e. The van der Waals surface area contributed by atoms with Crippen molar-refractivity contribution in [2.75, 3.05) is 38.6 Å². The summed E-state index contributed by atoms with van der Waals surface area (Å²) < 4.78 is 5.29. The molecule has 2 aliphatic heterocycles. The van der Waals surface area contributed by atoms with Gasteiger partial charge in [0.05, 0.1) is 19.0 Å². The van der Waals surface area contributed by atoms with Gasteiger partial charge in [-0.25, -0.2) is 0 Å². The normalized spacial score (nSPS) is 21.5. The molecule has 1 aromatic heterocycles. The van der Waals surface area contributed by atoms with E-state index < -0.39 is 0 Å². The van der Waals surface area contributed by atoms with Crippen LogP contribution in [-0.2, 0) is 14.3 Å². The first-order chi connectivity index (χ1) is 11.3. The molecule has 3 rings (SSSR count). The molecule has 0 N–H and O–H groups in total. The van der Waals surface area contributed by atoms with Gasteiger partial charge in [-0.3, -0.25) is 14.6 Å². The molecule has 23 heavy (non-hydrogen) atoms. The molecule has 2 amide bonds. The zero-order valence-corrected chi connectivity index (χ0v) is 13.8. The number of ether oxygens (including phenoxy) is 1. The highest BCUT2D eigenvalue weighted by atomic mass is 32.2. The van der Waals surface area contributed by atoms with E-state index in [4.69, 9.17) is 4.74 Å². The van der Waals surface area contributed by atoms with E-state index in [1.165, 1.54) is 11.8 Å². The Morgan fingerprint density at radius 2 is 1.96 bits per heavy atom. The number of pyridine rings is 1. The molecule has 2 saturated heterocycles. The summed E-state index contributed by atoms with van der Waals surface area (Å²) in [5, 5.41) is 0. The Labute approximate surface area is 140 Å². The van der Waals surface area contributed by atoms with Crippen LogP contribution in [0, 0.1) is 0 Å². The highest BCUT2D eigenvalue weighted by Gasteiger charge is 2.36. The van der Waals surface area contributed by atoms with Crippen LogP contribution in [-0.4, -0.2) is 71.2 Å². The molecule has 0 saturated carbocycles. The van der Waals surface area contributed by atoms with Gasteiger partial charge in [-0.05, 0) is 25.0 Å². The van der Waals surface area contributed by atoms with Crippen molar-refractivity contribution >= 4 is 23.6 Å². The van der Waals surface area contributed by atoms with E-state index in [-0.39, 0.29) is 17.9 Å². The fourth-order valence-corrected chi connectivity index (χ4v) is 3.75. The first-order valence-corrected chi connectivity index (χ1v) is 8.93. The first kappa shape index (κ1) is 16.3. The fourth-order valence-electron chi connectivity index (χ4n) is 2.98. The first-order valence-electron chi connectivity index (χ1n) is 7.94. The second-order valence-corrected chi connectivity index (χ2v) is 6.70. The minimum atomic E-state index is -0.293. The minimum absolute atomic E-state index is 0.0379. The van der Waals surface area contributed by atoms with Crippen LogP contribution in [0.3, 0.4) is 0 Å². The molecule has 2 fully saturated rings. The molecule has 0 spiro atoms. The highest BCUT2D eigenvalue weighted by Crippen LogP contribution is 2.23. The smallest absolute Gasteiger partial charge is 0.245 e. The number of likely N-dealkylation sites (tertiary alicyclic amines) is 1. The van der Waals surface area contributed by atoms with Gasteiger partial charge >= 0.3 is 0 Å². The van der Waals surface area contributed by atoms with Gasteiger partial charge in [0.1, 0.15) is 6.04 Å². The van der Waals surface area contributed by atoms with E-state index in [2.05, 4.69) is 4.98 Å². The molecule has 0 aliphatic carbocycles. The van der Waals surface area contributed by atoms with Gasteiger partial charge in [0.15, 0.2) is 0 Å². The lowest BCUT2D eigenvalue weighted by Crippen LogP contribution is -2.51. The second kappa shape index (κ2) is 7.79. The number of nitrogens with zero attached hydrogens (tertiary/aromatic N) is 3. The maximum Gasteiger partial charge on any atom is 0.245 e. The lowest BCUT2D eigenvalue weighted by Gasteiger charge is -2.32. The molecule has 1 atom stereocenters. The summed E-state index contributed by atoms with van der Waals surface area (Å²) in [7, 11) is 0. The van der Waals surface area contributed by atoms with Crippen molar-refractivity contribution in [3.8, 4) is 0 Å². The van der Waals surface area contributed by atoms with Gasteiger partial charge in [-0.1, -0.05) is 0 Å². The summed E-state index contributed by atoms with van der Waals surface area (Å²) in [6.07, 6.45) is 5.09. The van der Waals surface area contributed by atoms with Crippen molar-refractivity contribution in [1.29, 1.82) is 0 Å². The SMILES string of the molecule is O=C([C@@H]1CCCN1C(=O)CSc1ccncc1)N1CCOCC1. The Kier molecular flexibility index (Phi) is 5.51. The number of carbonyl (C=O) groups is 2.